The van der Waals surface area contributed by atoms with Gasteiger partial charge in [-0.25, -0.2) is 0 Å². The van der Waals surface area contributed by atoms with E-state index in [0.717, 1.165) is 11.0 Å². The monoisotopic (exact) mass is 220 g/mol. The van der Waals surface area contributed by atoms with E-state index in [0.29, 0.717) is 19.1 Å². The first-order valence-corrected chi connectivity index (χ1v) is 5.44. The molecule has 0 radical (unpaired) electrons. The van der Waals surface area contributed by atoms with Crippen molar-refractivity contribution in [3.05, 3.63) is 24.4 Å². The van der Waals surface area contributed by atoms with Crippen LogP contribution in [-0.4, -0.2) is 29.3 Å². The van der Waals surface area contributed by atoms with Crippen molar-refractivity contribution in [2.24, 2.45) is 0 Å². The van der Waals surface area contributed by atoms with Gasteiger partial charge in [-0.2, -0.15) is 4.98 Å². The lowest BCUT2D eigenvalue weighted by atomic mass is 10.3. The Balaban J connectivity index is 1.89. The third-order valence-corrected chi connectivity index (χ3v) is 2.17. The van der Waals surface area contributed by atoms with E-state index >= 15 is 0 Å². The number of ether oxygens (including phenoxy) is 2. The van der Waals surface area contributed by atoms with Gasteiger partial charge in [0.15, 0.2) is 0 Å². The van der Waals surface area contributed by atoms with E-state index in [1.54, 1.807) is 0 Å². The molecule has 0 amide bonds. The number of pyridine rings is 1. The fraction of sp³-hybridized carbons (Fsp3) is 0.417. The molecule has 4 heteroatoms. The van der Waals surface area contributed by atoms with Crippen LogP contribution in [0, 0.1) is 0 Å². The Hall–Kier alpha value is -1.55. The van der Waals surface area contributed by atoms with Gasteiger partial charge in [-0.1, -0.05) is 0 Å². The van der Waals surface area contributed by atoms with Gasteiger partial charge in [0.25, 0.3) is 0 Å². The van der Waals surface area contributed by atoms with Crippen molar-refractivity contribution in [3.8, 4) is 5.88 Å². The second kappa shape index (κ2) is 4.99. The number of aromatic nitrogens is 2. The summed E-state index contributed by atoms with van der Waals surface area (Å²) in [5.74, 6) is 0.627. The molecule has 86 valence electrons. The average molecular weight is 220 g/mol. The molecule has 16 heavy (non-hydrogen) atoms. The van der Waals surface area contributed by atoms with E-state index in [2.05, 4.69) is 9.97 Å². The summed E-state index contributed by atoms with van der Waals surface area (Å²) < 4.78 is 10.9. The summed E-state index contributed by atoms with van der Waals surface area (Å²) in [7, 11) is 0. The minimum Gasteiger partial charge on any atom is -0.475 e. The van der Waals surface area contributed by atoms with Crippen molar-refractivity contribution >= 4 is 11.0 Å². The minimum absolute atomic E-state index is 0.238. The molecule has 0 unspecified atom stereocenters. The standard InChI is InChI=1S/C12H16N2O2/c1-9(2)15-7-8-16-11-4-3-10-5-6-13-12(10)14-11/h3-6,9H,7-8H2,1-2H3,(H,13,14). The molecule has 0 aliphatic heterocycles. The van der Waals surface area contributed by atoms with Crippen LogP contribution < -0.4 is 4.74 Å². The molecule has 1 N–H and O–H groups in total. The Bertz CT molecular complexity index is 451. The highest BCUT2D eigenvalue weighted by Crippen LogP contribution is 2.14. The molecule has 0 saturated carbocycles. The van der Waals surface area contributed by atoms with Crippen LogP contribution in [0.4, 0.5) is 0 Å². The lowest BCUT2D eigenvalue weighted by molar-refractivity contribution is 0.0543. The van der Waals surface area contributed by atoms with Crippen molar-refractivity contribution < 1.29 is 9.47 Å². The maximum Gasteiger partial charge on any atom is 0.215 e. The van der Waals surface area contributed by atoms with Crippen LogP contribution in [0.1, 0.15) is 13.8 Å². The summed E-state index contributed by atoms with van der Waals surface area (Å²) in [6, 6.07) is 5.83. The molecule has 0 saturated heterocycles. The predicted octanol–water partition coefficient (Wildman–Crippen LogP) is 2.37. The first-order chi connectivity index (χ1) is 7.75. The zero-order chi connectivity index (χ0) is 11.4. The summed E-state index contributed by atoms with van der Waals surface area (Å²) in [5, 5.41) is 1.09. The van der Waals surface area contributed by atoms with E-state index in [9.17, 15) is 0 Å². The van der Waals surface area contributed by atoms with Crippen LogP contribution in [0.3, 0.4) is 0 Å². The summed E-state index contributed by atoms with van der Waals surface area (Å²) in [6.07, 6.45) is 2.10. The smallest absolute Gasteiger partial charge is 0.215 e. The summed E-state index contributed by atoms with van der Waals surface area (Å²) in [6.45, 7) is 5.12. The molecule has 2 rings (SSSR count). The molecule has 0 aromatic carbocycles. The molecule has 0 spiro atoms. The number of hydrogen-bond donors (Lipinski definition) is 1. The maximum atomic E-state index is 5.48. The summed E-state index contributed by atoms with van der Waals surface area (Å²) in [4.78, 5) is 7.36. The minimum atomic E-state index is 0.238. The fourth-order valence-corrected chi connectivity index (χ4v) is 1.42. The first-order valence-electron chi connectivity index (χ1n) is 5.44. The number of rotatable bonds is 5. The molecule has 0 fully saturated rings. The SMILES string of the molecule is CC(C)OCCOc1ccc2cc[nH]c2n1. The van der Waals surface area contributed by atoms with Gasteiger partial charge in [0, 0.05) is 17.6 Å². The van der Waals surface area contributed by atoms with E-state index in [1.165, 1.54) is 0 Å². The molecule has 2 heterocycles. The Kier molecular flexibility index (Phi) is 3.41. The van der Waals surface area contributed by atoms with Crippen LogP contribution in [0.5, 0.6) is 5.88 Å². The number of hydrogen-bond acceptors (Lipinski definition) is 3. The van der Waals surface area contributed by atoms with E-state index < -0.39 is 0 Å². The van der Waals surface area contributed by atoms with Crippen LogP contribution >= 0.6 is 0 Å². The van der Waals surface area contributed by atoms with E-state index in [-0.39, 0.29) is 6.10 Å². The second-order valence-electron chi connectivity index (χ2n) is 3.83. The molecule has 2 aromatic heterocycles. The van der Waals surface area contributed by atoms with E-state index in [4.69, 9.17) is 9.47 Å². The second-order valence-corrected chi connectivity index (χ2v) is 3.83. The number of aromatic amines is 1. The van der Waals surface area contributed by atoms with Gasteiger partial charge in [0.05, 0.1) is 12.7 Å². The Morgan fingerprint density at radius 1 is 1.25 bits per heavy atom. The molecule has 4 nitrogen and oxygen atoms in total. The van der Waals surface area contributed by atoms with E-state index in [1.807, 2.05) is 38.2 Å². The van der Waals surface area contributed by atoms with Crippen molar-refractivity contribution in [3.63, 3.8) is 0 Å². The zero-order valence-corrected chi connectivity index (χ0v) is 9.56. The van der Waals surface area contributed by atoms with Crippen molar-refractivity contribution in [1.82, 2.24) is 9.97 Å². The molecule has 0 aliphatic carbocycles. The van der Waals surface area contributed by atoms with Gasteiger partial charge >= 0.3 is 0 Å². The highest BCUT2D eigenvalue weighted by atomic mass is 16.5. The Labute approximate surface area is 94.6 Å². The van der Waals surface area contributed by atoms with Crippen molar-refractivity contribution in [2.45, 2.75) is 20.0 Å². The van der Waals surface area contributed by atoms with Gasteiger partial charge in [0.2, 0.25) is 5.88 Å². The fourth-order valence-electron chi connectivity index (χ4n) is 1.42. The predicted molar refractivity (Wildman–Crippen MR) is 62.7 cm³/mol. The topological polar surface area (TPSA) is 47.1 Å². The highest BCUT2D eigenvalue weighted by Gasteiger charge is 2.00. The summed E-state index contributed by atoms with van der Waals surface area (Å²) >= 11 is 0. The Morgan fingerprint density at radius 3 is 2.94 bits per heavy atom. The van der Waals surface area contributed by atoms with Gasteiger partial charge in [0.1, 0.15) is 12.3 Å². The van der Waals surface area contributed by atoms with Crippen LogP contribution in [0.15, 0.2) is 24.4 Å². The largest absolute Gasteiger partial charge is 0.475 e. The molecule has 0 aliphatic rings. The maximum absolute atomic E-state index is 5.48. The molecule has 2 aromatic rings. The van der Waals surface area contributed by atoms with Crippen LogP contribution in [-0.2, 0) is 4.74 Å². The van der Waals surface area contributed by atoms with Crippen LogP contribution in [0.25, 0.3) is 11.0 Å². The third kappa shape index (κ3) is 2.73. The molecular weight excluding hydrogens is 204 g/mol. The van der Waals surface area contributed by atoms with Crippen molar-refractivity contribution in [2.75, 3.05) is 13.2 Å². The number of fused-ring (bicyclic) bond motifs is 1. The number of nitrogens with zero attached hydrogens (tertiary/aromatic N) is 1. The third-order valence-electron chi connectivity index (χ3n) is 2.17. The molecule has 0 atom stereocenters. The number of nitrogens with one attached hydrogen (secondary N) is 1. The average Bonchev–Trinajstić information content (AvgIpc) is 2.71. The van der Waals surface area contributed by atoms with Gasteiger partial charge in [-0.05, 0) is 26.0 Å². The lowest BCUT2D eigenvalue weighted by Crippen LogP contribution is -2.11. The highest BCUT2D eigenvalue weighted by molar-refractivity contribution is 5.75. The van der Waals surface area contributed by atoms with Gasteiger partial charge < -0.3 is 14.5 Å². The lowest BCUT2D eigenvalue weighted by Gasteiger charge is -2.08. The van der Waals surface area contributed by atoms with Crippen molar-refractivity contribution in [1.29, 1.82) is 0 Å². The Morgan fingerprint density at radius 2 is 2.12 bits per heavy atom. The molecular formula is C12H16N2O2. The van der Waals surface area contributed by atoms with Gasteiger partial charge in [-0.15, -0.1) is 0 Å². The molecule has 0 bridgehead atoms. The normalized spacial score (nSPS) is 11.2. The van der Waals surface area contributed by atoms with Gasteiger partial charge in [-0.3, -0.25) is 0 Å². The number of H-pyrrole nitrogens is 1. The summed E-state index contributed by atoms with van der Waals surface area (Å²) in [5.41, 5.74) is 0.849. The first kappa shape index (κ1) is 11.0. The van der Waals surface area contributed by atoms with Crippen LogP contribution in [0.2, 0.25) is 0 Å². The quantitative estimate of drug-likeness (QED) is 0.787. The zero-order valence-electron chi connectivity index (χ0n) is 9.56.